The summed E-state index contributed by atoms with van der Waals surface area (Å²) in [4.78, 5) is 38.0. The molecule has 1 fully saturated rings. The number of aliphatic hydroxyl groups is 1. The molecule has 2 atom stereocenters. The maximum absolute atomic E-state index is 12.9. The van der Waals surface area contributed by atoms with Crippen LogP contribution in [0.1, 0.15) is 28.3 Å². The molecule has 0 bridgehead atoms. The van der Waals surface area contributed by atoms with Crippen molar-refractivity contribution in [2.45, 2.75) is 17.6 Å². The van der Waals surface area contributed by atoms with Gasteiger partial charge in [0.25, 0.3) is 11.5 Å². The highest BCUT2D eigenvalue weighted by Crippen LogP contribution is 2.31. The zero-order valence-corrected chi connectivity index (χ0v) is 23.6. The third-order valence-corrected chi connectivity index (χ3v) is 7.40. The molecule has 9 nitrogen and oxygen atoms in total. The molecule has 39 heavy (non-hydrogen) atoms. The second kappa shape index (κ2) is 14.7. The van der Waals surface area contributed by atoms with Gasteiger partial charge in [-0.2, -0.15) is 0 Å². The number of hydrogen-bond acceptors (Lipinski definition) is 7. The molecule has 0 aliphatic carbocycles. The maximum atomic E-state index is 12.9. The molecule has 4 rings (SSSR count). The van der Waals surface area contributed by atoms with Gasteiger partial charge in [-0.15, -0.1) is 0 Å². The van der Waals surface area contributed by atoms with E-state index in [0.717, 1.165) is 11.3 Å². The number of nitrogens with one attached hydrogen (secondary N) is 1. The van der Waals surface area contributed by atoms with Crippen LogP contribution in [0.4, 0.5) is 5.69 Å². The first-order chi connectivity index (χ1) is 18.8. The summed E-state index contributed by atoms with van der Waals surface area (Å²) in [5, 5.41) is 12.3. The summed E-state index contributed by atoms with van der Waals surface area (Å²) in [6.45, 7) is 0.661. The van der Waals surface area contributed by atoms with Gasteiger partial charge in [-0.05, 0) is 66.0 Å². The molecule has 1 aromatic heterocycles. The molecule has 2 unspecified atom stereocenters. The number of ether oxygens (including phenoxy) is 2. The normalized spacial score (nSPS) is 15.4. The number of amides is 2. The van der Waals surface area contributed by atoms with Gasteiger partial charge in [-0.25, -0.2) is 0 Å². The van der Waals surface area contributed by atoms with Crippen LogP contribution in [0.5, 0.6) is 5.75 Å². The molecule has 208 valence electrons. The Balaban J connectivity index is 0.000000320. The van der Waals surface area contributed by atoms with Crippen molar-refractivity contribution in [3.63, 3.8) is 0 Å². The number of halogens is 1. The van der Waals surface area contributed by atoms with E-state index in [1.165, 1.54) is 15.9 Å². The Morgan fingerprint density at radius 2 is 1.82 bits per heavy atom. The van der Waals surface area contributed by atoms with E-state index in [9.17, 15) is 19.5 Å². The fourth-order valence-corrected chi connectivity index (χ4v) is 5.04. The summed E-state index contributed by atoms with van der Waals surface area (Å²) in [6.07, 6.45) is 1.99. The highest BCUT2D eigenvalue weighted by Gasteiger charge is 2.33. The Morgan fingerprint density at radius 1 is 1.13 bits per heavy atom. The quantitative estimate of drug-likeness (QED) is 0.402. The minimum absolute atomic E-state index is 0.0257. The van der Waals surface area contributed by atoms with Crippen LogP contribution in [0.15, 0.2) is 71.7 Å². The summed E-state index contributed by atoms with van der Waals surface area (Å²) in [5.41, 5.74) is 1.75. The zero-order valence-electron chi connectivity index (χ0n) is 22.0. The van der Waals surface area contributed by atoms with E-state index in [1.807, 2.05) is 24.3 Å². The number of nitrogens with zero attached hydrogens (tertiary/aromatic N) is 2. The second-order valence-corrected chi connectivity index (χ2v) is 10.4. The van der Waals surface area contributed by atoms with Crippen molar-refractivity contribution < 1.29 is 24.2 Å². The number of rotatable bonds is 9. The average molecular weight is 574 g/mol. The minimum atomic E-state index is -0.272. The molecule has 1 saturated heterocycles. The van der Waals surface area contributed by atoms with Gasteiger partial charge in [0, 0.05) is 49.8 Å². The van der Waals surface area contributed by atoms with Crippen molar-refractivity contribution in [3.05, 3.63) is 93.4 Å². The van der Waals surface area contributed by atoms with Crippen molar-refractivity contribution in [2.75, 3.05) is 45.9 Å². The number of carbonyl (C=O) groups is 2. The number of aromatic nitrogens is 1. The summed E-state index contributed by atoms with van der Waals surface area (Å²) in [5.74, 6) is 0.623. The molecule has 1 aliphatic rings. The van der Waals surface area contributed by atoms with Gasteiger partial charge >= 0.3 is 0 Å². The highest BCUT2D eigenvalue weighted by atomic mass is 35.5. The van der Waals surface area contributed by atoms with E-state index >= 15 is 0 Å². The van der Waals surface area contributed by atoms with Crippen LogP contribution in [-0.2, 0) is 9.53 Å². The molecule has 2 heterocycles. The number of carbonyl (C=O) groups excluding carboxylic acids is 2. The van der Waals surface area contributed by atoms with Crippen LogP contribution in [0.3, 0.4) is 0 Å². The molecule has 3 aromatic rings. The molecule has 0 radical (unpaired) electrons. The van der Waals surface area contributed by atoms with Gasteiger partial charge in [0.15, 0.2) is 0 Å². The molecule has 0 spiro atoms. The van der Waals surface area contributed by atoms with E-state index in [2.05, 4.69) is 5.32 Å². The topological polar surface area (TPSA) is 110 Å². The van der Waals surface area contributed by atoms with Gasteiger partial charge in [-0.3, -0.25) is 18.4 Å². The standard InChI is InChI=1S/C20H24N2O5S.C8H8ClNO/c1-26-13-17(12-23)28-22-9-3-4-18(20(22)25)21-11-15(10-19(21)24)14-5-7-16(27-2)8-6-14;1-10-8(11)6-2-4-7(9)5-3-6/h3-9,15,17,23H,10-13H2,1-2H3;2-5H,1H3,(H,10,11). The van der Waals surface area contributed by atoms with Crippen LogP contribution < -0.4 is 20.5 Å². The van der Waals surface area contributed by atoms with Crippen molar-refractivity contribution in [3.8, 4) is 5.75 Å². The summed E-state index contributed by atoms with van der Waals surface area (Å²) in [6, 6.07) is 17.8. The van der Waals surface area contributed by atoms with Crippen LogP contribution in [0.25, 0.3) is 0 Å². The van der Waals surface area contributed by atoms with E-state index in [4.69, 9.17) is 21.1 Å². The lowest BCUT2D eigenvalue weighted by atomic mass is 9.98. The van der Waals surface area contributed by atoms with Crippen LogP contribution in [0, 0.1) is 0 Å². The fourth-order valence-electron chi connectivity index (χ4n) is 4.00. The summed E-state index contributed by atoms with van der Waals surface area (Å²) >= 11 is 6.82. The summed E-state index contributed by atoms with van der Waals surface area (Å²) < 4.78 is 11.7. The second-order valence-electron chi connectivity index (χ2n) is 8.65. The van der Waals surface area contributed by atoms with Crippen LogP contribution >= 0.6 is 23.5 Å². The molecule has 11 heteroatoms. The lowest BCUT2D eigenvalue weighted by Gasteiger charge is -2.19. The van der Waals surface area contributed by atoms with Crippen molar-refractivity contribution >= 4 is 41.1 Å². The molecular formula is C28H32ClN3O6S. The number of benzene rings is 2. The number of aliphatic hydroxyl groups excluding tert-OH is 1. The van der Waals surface area contributed by atoms with Crippen molar-refractivity contribution in [2.24, 2.45) is 0 Å². The predicted molar refractivity (Wildman–Crippen MR) is 154 cm³/mol. The minimum Gasteiger partial charge on any atom is -0.497 e. The lowest BCUT2D eigenvalue weighted by molar-refractivity contribution is -0.117. The SMILES string of the molecule is CNC(=O)c1ccc(Cl)cc1.COCC(CO)Sn1cccc(N2CC(c3ccc(OC)cc3)CC2=O)c1=O. The van der Waals surface area contributed by atoms with E-state index in [-0.39, 0.29) is 35.1 Å². The van der Waals surface area contributed by atoms with Gasteiger partial charge in [0.2, 0.25) is 5.91 Å². The Labute approximate surface area is 236 Å². The number of methoxy groups -OCH3 is 2. The van der Waals surface area contributed by atoms with E-state index in [1.54, 1.807) is 68.8 Å². The lowest BCUT2D eigenvalue weighted by Crippen LogP contribution is -2.32. The average Bonchev–Trinajstić information content (AvgIpc) is 3.35. The Hall–Kier alpha value is -3.31. The Kier molecular flexibility index (Phi) is 11.4. The first-order valence-electron chi connectivity index (χ1n) is 12.2. The largest absolute Gasteiger partial charge is 0.497 e. The number of hydrogen-bond donors (Lipinski definition) is 2. The molecule has 2 N–H and O–H groups in total. The van der Waals surface area contributed by atoms with E-state index in [0.29, 0.717) is 35.8 Å². The summed E-state index contributed by atoms with van der Waals surface area (Å²) in [7, 11) is 4.75. The van der Waals surface area contributed by atoms with Gasteiger partial charge in [0.05, 0.1) is 25.6 Å². The smallest absolute Gasteiger partial charge is 0.284 e. The third kappa shape index (κ3) is 8.09. The Morgan fingerprint density at radius 3 is 2.41 bits per heavy atom. The molecule has 1 aliphatic heterocycles. The molecular weight excluding hydrogens is 542 g/mol. The first kappa shape index (κ1) is 30.2. The predicted octanol–water partition coefficient (Wildman–Crippen LogP) is 3.58. The highest BCUT2D eigenvalue weighted by molar-refractivity contribution is 7.98. The van der Waals surface area contributed by atoms with E-state index < -0.39 is 0 Å². The monoisotopic (exact) mass is 573 g/mol. The van der Waals surface area contributed by atoms with Gasteiger partial charge < -0.3 is 24.8 Å². The fraction of sp³-hybridized carbons (Fsp3) is 0.321. The first-order valence-corrected chi connectivity index (χ1v) is 13.4. The number of pyridine rings is 1. The van der Waals surface area contributed by atoms with Crippen LogP contribution in [0.2, 0.25) is 5.02 Å². The third-order valence-electron chi connectivity index (χ3n) is 6.05. The Bertz CT molecular complexity index is 1300. The zero-order chi connectivity index (χ0) is 28.4. The van der Waals surface area contributed by atoms with Gasteiger partial charge in [-0.1, -0.05) is 23.7 Å². The maximum Gasteiger partial charge on any atom is 0.284 e. The van der Waals surface area contributed by atoms with Crippen molar-refractivity contribution in [1.29, 1.82) is 0 Å². The molecule has 0 saturated carbocycles. The molecule has 2 aromatic carbocycles. The van der Waals surface area contributed by atoms with Crippen molar-refractivity contribution in [1.82, 2.24) is 9.29 Å². The van der Waals surface area contributed by atoms with Gasteiger partial charge in [0.1, 0.15) is 11.4 Å². The van der Waals surface area contributed by atoms with Crippen LogP contribution in [-0.4, -0.2) is 67.2 Å². The molecule has 2 amide bonds. The number of anilines is 1.